The fraction of sp³-hybridized carbons (Fsp3) is 0.500. The van der Waals surface area contributed by atoms with E-state index in [0.717, 1.165) is 13.1 Å². The van der Waals surface area contributed by atoms with Crippen molar-refractivity contribution in [3.63, 3.8) is 0 Å². The van der Waals surface area contributed by atoms with E-state index in [9.17, 15) is 7.67 Å². The van der Waals surface area contributed by atoms with Crippen LogP contribution in [0.15, 0.2) is 30.3 Å². The van der Waals surface area contributed by atoms with E-state index in [0.29, 0.717) is 4.46 Å². The molecule has 0 aliphatic carbocycles. The van der Waals surface area contributed by atoms with Crippen LogP contribution >= 0.6 is 0 Å². The Labute approximate surface area is 116 Å². The topological polar surface area (TPSA) is 87.5 Å². The first-order valence-corrected chi connectivity index (χ1v) is 9.31. The molecule has 1 aliphatic heterocycles. The van der Waals surface area contributed by atoms with Gasteiger partial charge in [0.05, 0.1) is 0 Å². The molecule has 0 aromatic heterocycles. The van der Waals surface area contributed by atoms with E-state index in [4.69, 9.17) is 5.73 Å². The first-order valence-electron chi connectivity index (χ1n) is 6.20. The minimum atomic E-state index is -4.13. The molecule has 7 heteroatoms. The van der Waals surface area contributed by atoms with Crippen LogP contribution in [0.5, 0.6) is 0 Å². The fourth-order valence-electron chi connectivity index (χ4n) is 1.57. The quantitative estimate of drug-likeness (QED) is 0.472. The molecule has 1 aromatic rings. The third-order valence-corrected chi connectivity index (χ3v) is 5.69. The molecule has 2 rings (SSSR count). The van der Waals surface area contributed by atoms with Crippen molar-refractivity contribution >= 4 is 17.4 Å². The van der Waals surface area contributed by atoms with Crippen molar-refractivity contribution in [1.29, 1.82) is 0 Å². The van der Waals surface area contributed by atoms with Gasteiger partial charge in [-0.1, -0.05) is 0 Å². The van der Waals surface area contributed by atoms with Crippen LogP contribution in [0.2, 0.25) is 0 Å². The number of nitrogens with two attached hydrogens (primary N) is 1. The van der Waals surface area contributed by atoms with E-state index < -0.39 is 12.9 Å². The van der Waals surface area contributed by atoms with E-state index in [2.05, 4.69) is 21.6 Å². The van der Waals surface area contributed by atoms with Gasteiger partial charge in [-0.05, 0) is 7.05 Å². The predicted octanol–water partition coefficient (Wildman–Crippen LogP) is -1.28. The van der Waals surface area contributed by atoms with Gasteiger partial charge in [-0.15, -0.1) is 0 Å². The van der Waals surface area contributed by atoms with Crippen LogP contribution in [-0.4, -0.2) is 57.7 Å². The standard InChI is InChI=1S/C7H10N2O2Se.C5H12N2/c8-6-9-12(10,11)7-4-2-1-3-5-7;1-7-4-2-6-3-5-7/h1-5,9H,6,8H2;6H,2-5H2,1H3. The monoisotopic (exact) mass is 334 g/mol. The van der Waals surface area contributed by atoms with Gasteiger partial charge in [0.2, 0.25) is 0 Å². The van der Waals surface area contributed by atoms with Gasteiger partial charge in [-0.2, -0.15) is 0 Å². The van der Waals surface area contributed by atoms with Gasteiger partial charge < -0.3 is 10.2 Å². The summed E-state index contributed by atoms with van der Waals surface area (Å²) >= 11 is -4.13. The van der Waals surface area contributed by atoms with Crippen LogP contribution in [0.25, 0.3) is 0 Å². The molecule has 19 heavy (non-hydrogen) atoms. The van der Waals surface area contributed by atoms with E-state index in [1.165, 1.54) is 13.1 Å². The summed E-state index contributed by atoms with van der Waals surface area (Å²) in [4.78, 5) is 2.33. The zero-order chi connectivity index (χ0) is 14.1. The molecule has 1 aliphatic rings. The van der Waals surface area contributed by atoms with Gasteiger partial charge in [0.1, 0.15) is 0 Å². The third kappa shape index (κ3) is 6.24. The van der Waals surface area contributed by atoms with Gasteiger partial charge in [-0.3, -0.25) is 0 Å². The molecule has 108 valence electrons. The third-order valence-electron chi connectivity index (χ3n) is 2.67. The normalized spacial score (nSPS) is 16.5. The average Bonchev–Trinajstić information content (AvgIpc) is 2.41. The number of piperazine rings is 1. The van der Waals surface area contributed by atoms with Crippen molar-refractivity contribution in [2.24, 2.45) is 5.73 Å². The molecular weight excluding hydrogens is 311 g/mol. The maximum absolute atomic E-state index is 11.3. The summed E-state index contributed by atoms with van der Waals surface area (Å²) in [6, 6.07) is 8.20. The first kappa shape index (κ1) is 16.2. The summed E-state index contributed by atoms with van der Waals surface area (Å²) in [6.45, 7) is 4.69. The summed E-state index contributed by atoms with van der Waals surface area (Å²) in [5.41, 5.74) is 5.08. The van der Waals surface area contributed by atoms with Crippen LogP contribution in [0.1, 0.15) is 0 Å². The van der Waals surface area contributed by atoms with Gasteiger partial charge in [-0.25, -0.2) is 0 Å². The Balaban J connectivity index is 0.000000218. The van der Waals surface area contributed by atoms with Crippen molar-refractivity contribution in [2.45, 2.75) is 0 Å². The molecule has 0 saturated carbocycles. The SMILES string of the molecule is CN1CCNCC1.NCN[Se](=O)(=O)c1ccccc1. The average molecular weight is 333 g/mol. The molecular formula is C12H22N4O2Se. The molecule has 1 saturated heterocycles. The molecule has 0 radical (unpaired) electrons. The van der Waals surface area contributed by atoms with Gasteiger partial charge in [0.15, 0.2) is 0 Å². The number of nitrogens with one attached hydrogen (secondary N) is 2. The second-order valence-electron chi connectivity index (χ2n) is 4.22. The van der Waals surface area contributed by atoms with Crippen LogP contribution in [-0.2, 0) is 7.67 Å². The number of hydrogen-bond acceptors (Lipinski definition) is 5. The number of benzene rings is 1. The number of likely N-dealkylation sites (N-methyl/N-ethyl adjacent to an activating group) is 1. The summed E-state index contributed by atoms with van der Waals surface area (Å²) in [5.74, 6) is 0. The van der Waals surface area contributed by atoms with Crippen molar-refractivity contribution in [3.8, 4) is 0 Å². The molecule has 6 nitrogen and oxygen atoms in total. The number of hydrogen-bond donors (Lipinski definition) is 3. The summed E-state index contributed by atoms with van der Waals surface area (Å²) in [6.07, 6.45) is 0. The first-order chi connectivity index (χ1) is 9.06. The molecule has 1 heterocycles. The molecule has 1 aromatic carbocycles. The maximum atomic E-state index is 11.3. The second kappa shape index (κ2) is 8.37. The van der Waals surface area contributed by atoms with Crippen LogP contribution < -0.4 is 19.8 Å². The summed E-state index contributed by atoms with van der Waals surface area (Å²) in [5, 5.41) is 3.27. The van der Waals surface area contributed by atoms with E-state index in [1.54, 1.807) is 30.3 Å². The molecule has 0 bridgehead atoms. The van der Waals surface area contributed by atoms with E-state index in [-0.39, 0.29) is 6.67 Å². The zero-order valence-corrected chi connectivity index (χ0v) is 12.9. The Hall–Kier alpha value is -0.821. The Morgan fingerprint density at radius 3 is 2.26 bits per heavy atom. The summed E-state index contributed by atoms with van der Waals surface area (Å²) in [7, 11) is 2.15. The van der Waals surface area contributed by atoms with Crippen molar-refractivity contribution in [2.75, 3.05) is 39.9 Å². The summed E-state index contributed by atoms with van der Waals surface area (Å²) < 4.78 is 25.2. The van der Waals surface area contributed by atoms with E-state index in [1.807, 2.05) is 0 Å². The fourth-order valence-corrected chi connectivity index (χ4v) is 3.46. The van der Waals surface area contributed by atoms with Gasteiger partial charge >= 0.3 is 72.1 Å². The second-order valence-corrected chi connectivity index (χ2v) is 7.93. The molecule has 0 amide bonds. The zero-order valence-electron chi connectivity index (χ0n) is 11.2. The Morgan fingerprint density at radius 1 is 1.26 bits per heavy atom. The van der Waals surface area contributed by atoms with Crippen LogP contribution in [0.3, 0.4) is 0 Å². The molecule has 1 fully saturated rings. The van der Waals surface area contributed by atoms with Crippen molar-refractivity contribution in [3.05, 3.63) is 30.3 Å². The van der Waals surface area contributed by atoms with Crippen LogP contribution in [0.4, 0.5) is 0 Å². The van der Waals surface area contributed by atoms with Crippen molar-refractivity contribution < 1.29 is 7.67 Å². The van der Waals surface area contributed by atoms with Crippen LogP contribution in [0, 0.1) is 0 Å². The minimum absolute atomic E-state index is 0.0537. The number of rotatable bonds is 3. The Bertz CT molecular complexity index is 444. The van der Waals surface area contributed by atoms with E-state index >= 15 is 0 Å². The molecule has 0 unspecified atom stereocenters. The molecule has 4 N–H and O–H groups in total. The van der Waals surface area contributed by atoms with Crippen molar-refractivity contribution in [1.82, 2.24) is 14.5 Å². The Kier molecular flexibility index (Phi) is 7.15. The number of nitrogens with zero attached hydrogens (tertiary/aromatic N) is 1. The molecule has 0 spiro atoms. The Morgan fingerprint density at radius 2 is 1.84 bits per heavy atom. The molecule has 0 atom stereocenters. The van der Waals surface area contributed by atoms with Gasteiger partial charge in [0, 0.05) is 26.2 Å². The van der Waals surface area contributed by atoms with Gasteiger partial charge in [0.25, 0.3) is 0 Å². The predicted molar refractivity (Wildman–Crippen MR) is 75.8 cm³/mol.